The molecule has 5 heteroatoms. The van der Waals surface area contributed by atoms with Gasteiger partial charge in [-0.3, -0.25) is 0 Å². The first-order valence-corrected chi connectivity index (χ1v) is 4.58. The molecule has 0 aliphatic heterocycles. The monoisotopic (exact) mass is 276 g/mol. The van der Waals surface area contributed by atoms with Crippen LogP contribution in [-0.4, -0.2) is 11.1 Å². The summed E-state index contributed by atoms with van der Waals surface area (Å²) in [6.45, 7) is 0. The number of hydrogen-bond acceptors (Lipinski definition) is 1. The largest absolute Gasteiger partial charge is 0.472 e. The minimum atomic E-state index is -1.32. The molecule has 0 aliphatic carbocycles. The fourth-order valence-electron chi connectivity index (χ4n) is 0.743. The smallest absolute Gasteiger partial charge is 0.382 e. The van der Waals surface area contributed by atoms with Crippen LogP contribution in [0.3, 0.4) is 0 Å². The summed E-state index contributed by atoms with van der Waals surface area (Å²) in [7, 11) is 0. The molecule has 0 fully saturated rings. The summed E-state index contributed by atoms with van der Waals surface area (Å²) < 4.78 is 13.7. The first-order chi connectivity index (χ1) is 6.52. The van der Waals surface area contributed by atoms with Crippen molar-refractivity contribution >= 4 is 33.5 Å². The molecule has 1 rings (SSSR count). The van der Waals surface area contributed by atoms with Crippen LogP contribution in [0.5, 0.6) is 0 Å². The molecule has 1 N–H and O–H groups in total. The van der Waals surface area contributed by atoms with Crippen LogP contribution in [-0.2, 0) is 4.79 Å². The Kier molecular flexibility index (Phi) is 3.50. The van der Waals surface area contributed by atoms with Gasteiger partial charge in [0.25, 0.3) is 0 Å². The Morgan fingerprint density at radius 2 is 2.21 bits per heavy atom. The zero-order valence-corrected chi connectivity index (χ0v) is 8.99. The summed E-state index contributed by atoms with van der Waals surface area (Å²) >= 11 is 8.58. The van der Waals surface area contributed by atoms with Gasteiger partial charge in [-0.1, -0.05) is 17.5 Å². The van der Waals surface area contributed by atoms with Gasteiger partial charge in [-0.25, -0.2) is 9.18 Å². The summed E-state index contributed by atoms with van der Waals surface area (Å²) in [5, 5.41) is 8.14. The van der Waals surface area contributed by atoms with Crippen molar-refractivity contribution in [1.82, 2.24) is 0 Å². The molecule has 2 nitrogen and oxygen atoms in total. The molecule has 0 radical (unpaired) electrons. The summed E-state index contributed by atoms with van der Waals surface area (Å²) in [6.07, 6.45) is 0. The summed E-state index contributed by atoms with van der Waals surface area (Å²) in [6, 6.07) is 2.85. The van der Waals surface area contributed by atoms with Crippen molar-refractivity contribution in [3.8, 4) is 11.8 Å². The van der Waals surface area contributed by atoms with Crippen molar-refractivity contribution in [1.29, 1.82) is 0 Å². The van der Waals surface area contributed by atoms with Gasteiger partial charge >= 0.3 is 5.97 Å². The average molecular weight is 277 g/mol. The number of hydrogen-bond donors (Lipinski definition) is 1. The number of carbonyl (C=O) groups is 1. The molecule has 0 heterocycles. The van der Waals surface area contributed by atoms with E-state index < -0.39 is 11.8 Å². The molecule has 0 amide bonds. The van der Waals surface area contributed by atoms with E-state index in [1.165, 1.54) is 12.1 Å². The predicted octanol–water partition coefficient (Wildman–Crippen LogP) is 2.68. The highest BCUT2D eigenvalue weighted by molar-refractivity contribution is 9.10. The lowest BCUT2D eigenvalue weighted by Gasteiger charge is -1.98. The summed E-state index contributed by atoms with van der Waals surface area (Å²) in [5.74, 6) is 1.91. The van der Waals surface area contributed by atoms with Crippen LogP contribution < -0.4 is 0 Å². The number of benzene rings is 1. The second-order valence-electron chi connectivity index (χ2n) is 2.28. The van der Waals surface area contributed by atoms with E-state index in [1.54, 1.807) is 5.92 Å². The second kappa shape index (κ2) is 4.45. The molecule has 0 unspecified atom stereocenters. The molecule has 0 saturated heterocycles. The molecule has 72 valence electrons. The molecule has 0 saturated carbocycles. The first-order valence-electron chi connectivity index (χ1n) is 3.41. The lowest BCUT2D eigenvalue weighted by molar-refractivity contribution is -0.130. The Morgan fingerprint density at radius 1 is 1.57 bits per heavy atom. The van der Waals surface area contributed by atoms with Crippen molar-refractivity contribution in [2.75, 3.05) is 0 Å². The normalized spacial score (nSPS) is 9.07. The van der Waals surface area contributed by atoms with Crippen molar-refractivity contribution < 1.29 is 14.3 Å². The quantitative estimate of drug-likeness (QED) is 0.585. The second-order valence-corrected chi connectivity index (χ2v) is 3.51. The number of halogens is 3. The van der Waals surface area contributed by atoms with E-state index in [-0.39, 0.29) is 10.6 Å². The van der Waals surface area contributed by atoms with Crippen molar-refractivity contribution in [2.45, 2.75) is 0 Å². The summed E-state index contributed by atoms with van der Waals surface area (Å²) in [4.78, 5) is 10.1. The fraction of sp³-hybridized carbons (Fsp3) is 0. The predicted molar refractivity (Wildman–Crippen MR) is 53.6 cm³/mol. The van der Waals surface area contributed by atoms with Crippen molar-refractivity contribution in [3.63, 3.8) is 0 Å². The van der Waals surface area contributed by atoms with Gasteiger partial charge in [0, 0.05) is 10.4 Å². The zero-order chi connectivity index (χ0) is 10.7. The van der Waals surface area contributed by atoms with Crippen LogP contribution in [0.4, 0.5) is 4.39 Å². The van der Waals surface area contributed by atoms with E-state index in [0.717, 1.165) is 0 Å². The van der Waals surface area contributed by atoms with Crippen molar-refractivity contribution in [2.24, 2.45) is 0 Å². The highest BCUT2D eigenvalue weighted by atomic mass is 79.9. The Labute approximate surface area is 92.8 Å². The van der Waals surface area contributed by atoms with Gasteiger partial charge in [-0.15, -0.1) is 0 Å². The van der Waals surface area contributed by atoms with Crippen LogP contribution in [0.15, 0.2) is 16.6 Å². The SMILES string of the molecule is O=C(O)C#Cc1ccc(Br)c(Cl)c1F. The van der Waals surface area contributed by atoms with Crippen LogP contribution in [0.25, 0.3) is 0 Å². The minimum Gasteiger partial charge on any atom is -0.472 e. The molecule has 1 aromatic carbocycles. The van der Waals surface area contributed by atoms with Crippen LogP contribution >= 0.6 is 27.5 Å². The van der Waals surface area contributed by atoms with Crippen LogP contribution in [0.1, 0.15) is 5.56 Å². The highest BCUT2D eigenvalue weighted by Crippen LogP contribution is 2.26. The van der Waals surface area contributed by atoms with E-state index in [9.17, 15) is 9.18 Å². The van der Waals surface area contributed by atoms with E-state index in [2.05, 4.69) is 21.9 Å². The Hall–Kier alpha value is -1.05. The Balaban J connectivity index is 3.20. The van der Waals surface area contributed by atoms with Gasteiger partial charge in [0.05, 0.1) is 10.6 Å². The maximum Gasteiger partial charge on any atom is 0.382 e. The first kappa shape index (κ1) is 11.0. The molecule has 0 spiro atoms. The fourth-order valence-corrected chi connectivity index (χ4v) is 1.21. The Morgan fingerprint density at radius 3 is 2.79 bits per heavy atom. The molecule has 0 aromatic heterocycles. The molecule has 0 aliphatic rings. The van der Waals surface area contributed by atoms with Gasteiger partial charge in [0.15, 0.2) is 5.82 Å². The molecule has 14 heavy (non-hydrogen) atoms. The van der Waals surface area contributed by atoms with Gasteiger partial charge in [0.2, 0.25) is 0 Å². The van der Waals surface area contributed by atoms with Gasteiger partial charge in [-0.2, -0.15) is 0 Å². The number of carboxylic acid groups (broad SMARTS) is 1. The molecule has 1 aromatic rings. The zero-order valence-electron chi connectivity index (χ0n) is 6.64. The van der Waals surface area contributed by atoms with Gasteiger partial charge in [0.1, 0.15) is 0 Å². The van der Waals surface area contributed by atoms with E-state index in [1.807, 2.05) is 0 Å². The van der Waals surface area contributed by atoms with E-state index >= 15 is 0 Å². The molecule has 0 atom stereocenters. The molecule has 0 bridgehead atoms. The van der Waals surface area contributed by atoms with Crippen LogP contribution in [0.2, 0.25) is 5.02 Å². The van der Waals surface area contributed by atoms with Crippen molar-refractivity contribution in [3.05, 3.63) is 33.0 Å². The number of rotatable bonds is 0. The van der Waals surface area contributed by atoms with Gasteiger partial charge < -0.3 is 5.11 Å². The lowest BCUT2D eigenvalue weighted by Crippen LogP contribution is -1.90. The average Bonchev–Trinajstić information content (AvgIpc) is 2.13. The number of carboxylic acids is 1. The molecular formula is C9H3BrClFO2. The topological polar surface area (TPSA) is 37.3 Å². The third-order valence-electron chi connectivity index (χ3n) is 1.34. The minimum absolute atomic E-state index is 0.0411. The third-order valence-corrected chi connectivity index (χ3v) is 2.60. The van der Waals surface area contributed by atoms with Gasteiger partial charge in [-0.05, 0) is 28.1 Å². The maximum atomic E-state index is 13.3. The molecular weight excluding hydrogens is 274 g/mol. The summed E-state index contributed by atoms with van der Waals surface area (Å²) in [5.41, 5.74) is -0.0411. The van der Waals surface area contributed by atoms with E-state index in [4.69, 9.17) is 16.7 Å². The number of aliphatic carboxylic acids is 1. The lowest BCUT2D eigenvalue weighted by atomic mass is 10.2. The van der Waals surface area contributed by atoms with Crippen LogP contribution in [0, 0.1) is 17.7 Å². The maximum absolute atomic E-state index is 13.3. The Bertz CT molecular complexity index is 448. The standard InChI is InChI=1S/C9H3BrClFO2/c10-6-3-1-5(2-4-7(13)14)9(12)8(6)11/h1,3H,(H,13,14). The third kappa shape index (κ3) is 2.47. The van der Waals surface area contributed by atoms with E-state index in [0.29, 0.717) is 4.47 Å². The highest BCUT2D eigenvalue weighted by Gasteiger charge is 2.08.